The molecular formula is C16H19N3O2. The van der Waals surface area contributed by atoms with Crippen molar-refractivity contribution in [3.8, 4) is 5.75 Å². The molecule has 0 bridgehead atoms. The molecule has 0 aliphatic rings. The van der Waals surface area contributed by atoms with Crippen LogP contribution < -0.4 is 16.2 Å². The minimum absolute atomic E-state index is 0.195. The molecule has 0 radical (unpaired) electrons. The van der Waals surface area contributed by atoms with Gasteiger partial charge in [0, 0.05) is 24.9 Å². The van der Waals surface area contributed by atoms with Crippen LogP contribution in [-0.4, -0.2) is 16.9 Å². The van der Waals surface area contributed by atoms with Crippen LogP contribution in [0.5, 0.6) is 5.75 Å². The van der Waals surface area contributed by atoms with Gasteiger partial charge in [-0.3, -0.25) is 9.78 Å². The third-order valence-corrected chi connectivity index (χ3v) is 3.04. The molecule has 0 saturated carbocycles. The first-order chi connectivity index (χ1) is 10.1. The summed E-state index contributed by atoms with van der Waals surface area (Å²) in [6, 6.07) is 11.3. The number of amides is 1. The Morgan fingerprint density at radius 1 is 1.10 bits per heavy atom. The van der Waals surface area contributed by atoms with E-state index in [0.717, 1.165) is 16.9 Å². The number of nitrogens with two attached hydrogens (primary N) is 2. The zero-order chi connectivity index (χ0) is 15.1. The fraction of sp³-hybridized carbons (Fsp3) is 0.250. The van der Waals surface area contributed by atoms with Crippen LogP contribution in [0.2, 0.25) is 0 Å². The zero-order valence-corrected chi connectivity index (χ0v) is 11.7. The first-order valence-corrected chi connectivity index (χ1v) is 6.78. The van der Waals surface area contributed by atoms with Gasteiger partial charge in [-0.05, 0) is 41.8 Å². The number of carbonyl (C=O) groups is 1. The smallest absolute Gasteiger partial charge is 0.218 e. The Morgan fingerprint density at radius 2 is 1.76 bits per heavy atom. The maximum Gasteiger partial charge on any atom is 0.218 e. The van der Waals surface area contributed by atoms with E-state index in [-0.39, 0.29) is 18.4 Å². The Labute approximate surface area is 123 Å². The second kappa shape index (κ2) is 7.40. The molecule has 21 heavy (non-hydrogen) atoms. The monoisotopic (exact) mass is 285 g/mol. The number of ether oxygens (including phenoxy) is 1. The minimum Gasteiger partial charge on any atom is -0.489 e. The van der Waals surface area contributed by atoms with Crippen molar-refractivity contribution in [2.45, 2.75) is 25.5 Å². The van der Waals surface area contributed by atoms with Crippen LogP contribution in [0.1, 0.15) is 17.5 Å². The third-order valence-electron chi connectivity index (χ3n) is 3.04. The van der Waals surface area contributed by atoms with Crippen LogP contribution in [0.4, 0.5) is 0 Å². The number of aromatic nitrogens is 1. The number of hydrogen-bond donors (Lipinski definition) is 2. The normalized spacial score (nSPS) is 11.9. The first kappa shape index (κ1) is 15.0. The second-order valence-electron chi connectivity index (χ2n) is 4.92. The van der Waals surface area contributed by atoms with E-state index in [0.29, 0.717) is 13.0 Å². The quantitative estimate of drug-likeness (QED) is 0.804. The van der Waals surface area contributed by atoms with Crippen molar-refractivity contribution in [2.24, 2.45) is 11.5 Å². The van der Waals surface area contributed by atoms with Gasteiger partial charge in [0.1, 0.15) is 12.4 Å². The topological polar surface area (TPSA) is 91.2 Å². The lowest BCUT2D eigenvalue weighted by Crippen LogP contribution is -2.29. The highest BCUT2D eigenvalue weighted by atomic mass is 16.5. The molecule has 1 aromatic carbocycles. The van der Waals surface area contributed by atoms with E-state index in [1.54, 1.807) is 12.4 Å². The van der Waals surface area contributed by atoms with Gasteiger partial charge >= 0.3 is 0 Å². The SMILES string of the molecule is NC(=O)CC(N)Cc1ccc(OCc2ccncc2)cc1. The van der Waals surface area contributed by atoms with E-state index in [9.17, 15) is 4.79 Å². The van der Waals surface area contributed by atoms with Crippen LogP contribution in [-0.2, 0) is 17.8 Å². The Morgan fingerprint density at radius 3 is 2.38 bits per heavy atom. The summed E-state index contributed by atoms with van der Waals surface area (Å²) in [4.78, 5) is 14.8. The van der Waals surface area contributed by atoms with Crippen LogP contribution >= 0.6 is 0 Å². The Bertz CT molecular complexity index is 570. The number of rotatable bonds is 7. The van der Waals surface area contributed by atoms with Crippen LogP contribution in [0.25, 0.3) is 0 Å². The van der Waals surface area contributed by atoms with Gasteiger partial charge in [-0.2, -0.15) is 0 Å². The van der Waals surface area contributed by atoms with Gasteiger partial charge < -0.3 is 16.2 Å². The molecule has 1 atom stereocenters. The standard InChI is InChI=1S/C16H19N3O2/c17-14(10-16(18)20)9-12-1-3-15(4-2-12)21-11-13-5-7-19-8-6-13/h1-8,14H,9-11,17H2,(H2,18,20). The molecule has 110 valence electrons. The van der Waals surface area contributed by atoms with Crippen molar-refractivity contribution in [1.29, 1.82) is 0 Å². The molecule has 4 N–H and O–H groups in total. The minimum atomic E-state index is -0.375. The van der Waals surface area contributed by atoms with E-state index in [2.05, 4.69) is 4.98 Å². The number of hydrogen-bond acceptors (Lipinski definition) is 4. The molecule has 0 saturated heterocycles. The predicted octanol–water partition coefficient (Wildman–Crippen LogP) is 1.41. The highest BCUT2D eigenvalue weighted by Gasteiger charge is 2.07. The second-order valence-corrected chi connectivity index (χ2v) is 4.92. The van der Waals surface area contributed by atoms with Crippen LogP contribution in [0.15, 0.2) is 48.8 Å². The van der Waals surface area contributed by atoms with Crippen molar-refractivity contribution in [3.05, 3.63) is 59.9 Å². The molecule has 1 aromatic heterocycles. The summed E-state index contributed by atoms with van der Waals surface area (Å²) in [7, 11) is 0. The third kappa shape index (κ3) is 5.24. The van der Waals surface area contributed by atoms with E-state index in [4.69, 9.17) is 16.2 Å². The number of nitrogens with zero attached hydrogens (tertiary/aromatic N) is 1. The summed E-state index contributed by atoms with van der Waals surface area (Å²) in [5.41, 5.74) is 13.1. The predicted molar refractivity (Wildman–Crippen MR) is 80.5 cm³/mol. The van der Waals surface area contributed by atoms with Crippen molar-refractivity contribution in [3.63, 3.8) is 0 Å². The summed E-state index contributed by atoms with van der Waals surface area (Å²) >= 11 is 0. The van der Waals surface area contributed by atoms with Gasteiger partial charge in [0.15, 0.2) is 0 Å². The lowest BCUT2D eigenvalue weighted by atomic mass is 10.0. The maximum absolute atomic E-state index is 10.8. The van der Waals surface area contributed by atoms with E-state index < -0.39 is 0 Å². The largest absolute Gasteiger partial charge is 0.489 e. The highest BCUT2D eigenvalue weighted by molar-refractivity contribution is 5.74. The molecule has 0 fully saturated rings. The number of benzene rings is 1. The summed E-state index contributed by atoms with van der Waals surface area (Å²) in [5.74, 6) is 0.416. The molecule has 5 heteroatoms. The van der Waals surface area contributed by atoms with Crippen molar-refractivity contribution >= 4 is 5.91 Å². The van der Waals surface area contributed by atoms with Gasteiger partial charge in [0.2, 0.25) is 5.91 Å². The summed E-state index contributed by atoms with van der Waals surface area (Å²) in [6.07, 6.45) is 4.29. The number of pyridine rings is 1. The molecule has 1 heterocycles. The van der Waals surface area contributed by atoms with E-state index in [1.807, 2.05) is 36.4 Å². The average Bonchev–Trinajstić information content (AvgIpc) is 2.47. The van der Waals surface area contributed by atoms with Crippen LogP contribution in [0.3, 0.4) is 0 Å². The molecule has 1 amide bonds. The summed E-state index contributed by atoms with van der Waals surface area (Å²) < 4.78 is 5.68. The maximum atomic E-state index is 10.8. The Balaban J connectivity index is 1.85. The van der Waals surface area contributed by atoms with Gasteiger partial charge in [0.25, 0.3) is 0 Å². The fourth-order valence-corrected chi connectivity index (χ4v) is 2.00. The van der Waals surface area contributed by atoms with Gasteiger partial charge in [-0.1, -0.05) is 12.1 Å². The lowest BCUT2D eigenvalue weighted by Gasteiger charge is -2.10. The molecular weight excluding hydrogens is 266 g/mol. The van der Waals surface area contributed by atoms with E-state index in [1.165, 1.54) is 0 Å². The molecule has 0 aliphatic carbocycles. The summed E-state index contributed by atoms with van der Waals surface area (Å²) in [6.45, 7) is 0.503. The van der Waals surface area contributed by atoms with E-state index >= 15 is 0 Å². The van der Waals surface area contributed by atoms with Crippen LogP contribution in [0, 0.1) is 0 Å². The summed E-state index contributed by atoms with van der Waals surface area (Å²) in [5, 5.41) is 0. The zero-order valence-electron chi connectivity index (χ0n) is 11.7. The van der Waals surface area contributed by atoms with Crippen molar-refractivity contribution < 1.29 is 9.53 Å². The number of primary amides is 1. The van der Waals surface area contributed by atoms with Crippen molar-refractivity contribution in [1.82, 2.24) is 4.98 Å². The average molecular weight is 285 g/mol. The van der Waals surface area contributed by atoms with Gasteiger partial charge in [-0.25, -0.2) is 0 Å². The molecule has 5 nitrogen and oxygen atoms in total. The van der Waals surface area contributed by atoms with Crippen molar-refractivity contribution in [2.75, 3.05) is 0 Å². The number of carbonyl (C=O) groups excluding carboxylic acids is 1. The molecule has 1 unspecified atom stereocenters. The van der Waals surface area contributed by atoms with Gasteiger partial charge in [-0.15, -0.1) is 0 Å². The Hall–Kier alpha value is -2.40. The van der Waals surface area contributed by atoms with Gasteiger partial charge in [0.05, 0.1) is 0 Å². The fourth-order valence-electron chi connectivity index (χ4n) is 2.00. The Kier molecular flexibility index (Phi) is 5.29. The first-order valence-electron chi connectivity index (χ1n) is 6.78. The molecule has 2 rings (SSSR count). The lowest BCUT2D eigenvalue weighted by molar-refractivity contribution is -0.118. The highest BCUT2D eigenvalue weighted by Crippen LogP contribution is 2.15. The molecule has 0 aliphatic heterocycles. The molecule has 0 spiro atoms. The molecule has 2 aromatic rings.